The van der Waals surface area contributed by atoms with Gasteiger partial charge in [-0.15, -0.1) is 0 Å². The number of benzene rings is 2. The van der Waals surface area contributed by atoms with Crippen molar-refractivity contribution in [2.45, 2.75) is 0 Å². The first-order valence-electron chi connectivity index (χ1n) is 8.34. The van der Waals surface area contributed by atoms with Gasteiger partial charge in [-0.2, -0.15) is 0 Å². The lowest BCUT2D eigenvalue weighted by atomic mass is 10.1. The number of anilines is 1. The van der Waals surface area contributed by atoms with E-state index in [1.807, 2.05) is 12.1 Å². The van der Waals surface area contributed by atoms with Gasteiger partial charge in [-0.05, 0) is 36.5 Å². The van der Waals surface area contributed by atoms with E-state index in [1.165, 1.54) is 4.90 Å². The summed E-state index contributed by atoms with van der Waals surface area (Å²) in [6.45, 7) is 0. The molecular weight excluding hydrogens is 380 g/mol. The van der Waals surface area contributed by atoms with Gasteiger partial charge in [0.15, 0.2) is 16.6 Å². The molecule has 0 atom stereocenters. The highest BCUT2D eigenvalue weighted by atomic mass is 32.1. The maximum atomic E-state index is 13.0. The van der Waals surface area contributed by atoms with E-state index in [0.29, 0.717) is 39.9 Å². The average molecular weight is 400 g/mol. The van der Waals surface area contributed by atoms with Crippen LogP contribution in [0.15, 0.2) is 42.1 Å². The topological polar surface area (TPSA) is 69.3 Å². The van der Waals surface area contributed by atoms with Crippen LogP contribution >= 0.6 is 12.2 Å². The van der Waals surface area contributed by atoms with E-state index in [1.54, 1.807) is 58.8 Å². The van der Waals surface area contributed by atoms with Crippen LogP contribution in [-0.4, -0.2) is 39.5 Å². The molecule has 0 aromatic heterocycles. The van der Waals surface area contributed by atoms with Gasteiger partial charge in [-0.25, -0.2) is 4.90 Å². The van der Waals surface area contributed by atoms with Crippen LogP contribution in [0, 0.1) is 0 Å². The van der Waals surface area contributed by atoms with E-state index < -0.39 is 0 Å². The molecule has 1 heterocycles. The Labute approximate surface area is 168 Å². The highest BCUT2D eigenvalue weighted by molar-refractivity contribution is 7.80. The first-order valence-corrected chi connectivity index (χ1v) is 8.75. The Kier molecular flexibility index (Phi) is 5.70. The molecule has 0 aliphatic carbocycles. The second kappa shape index (κ2) is 8.18. The number of rotatable bonds is 6. The fourth-order valence-corrected chi connectivity index (χ4v) is 3.18. The van der Waals surface area contributed by atoms with Crippen LogP contribution in [0.4, 0.5) is 5.69 Å². The monoisotopic (exact) mass is 400 g/mol. The first-order chi connectivity index (χ1) is 13.5. The highest BCUT2D eigenvalue weighted by Gasteiger charge is 2.34. The molecule has 1 amide bonds. The van der Waals surface area contributed by atoms with Crippen LogP contribution in [0.1, 0.15) is 5.56 Å². The van der Waals surface area contributed by atoms with Crippen molar-refractivity contribution in [1.29, 1.82) is 0 Å². The van der Waals surface area contributed by atoms with Gasteiger partial charge in [-0.1, -0.05) is 12.1 Å². The largest absolute Gasteiger partial charge is 0.496 e. The average Bonchev–Trinajstić information content (AvgIpc) is 3.00. The van der Waals surface area contributed by atoms with Crippen molar-refractivity contribution in [3.05, 3.63) is 47.7 Å². The van der Waals surface area contributed by atoms with E-state index in [0.717, 1.165) is 0 Å². The van der Waals surface area contributed by atoms with Crippen molar-refractivity contribution < 1.29 is 23.7 Å². The second-order valence-electron chi connectivity index (χ2n) is 5.75. The molecule has 2 aromatic rings. The molecule has 28 heavy (non-hydrogen) atoms. The maximum Gasteiger partial charge on any atom is 0.281 e. The summed E-state index contributed by atoms with van der Waals surface area (Å²) in [5, 5.41) is 3.22. The Balaban J connectivity index is 2.03. The van der Waals surface area contributed by atoms with E-state index in [9.17, 15) is 4.79 Å². The SMILES string of the molecule is COc1cc(OC)c(OC)cc1/C=C1/NC(=S)N(c2ccccc2OC)C1=O. The number of thiocarbonyl (C=S) groups is 1. The Morgan fingerprint density at radius 2 is 1.50 bits per heavy atom. The fourth-order valence-electron chi connectivity index (χ4n) is 2.89. The summed E-state index contributed by atoms with van der Waals surface area (Å²) in [4.78, 5) is 14.4. The van der Waals surface area contributed by atoms with E-state index in [2.05, 4.69) is 5.32 Å². The van der Waals surface area contributed by atoms with Crippen LogP contribution in [0.3, 0.4) is 0 Å². The van der Waals surface area contributed by atoms with Gasteiger partial charge < -0.3 is 24.3 Å². The molecule has 3 rings (SSSR count). The number of ether oxygens (including phenoxy) is 4. The van der Waals surface area contributed by atoms with Crippen molar-refractivity contribution >= 4 is 35.0 Å². The molecule has 0 unspecified atom stereocenters. The van der Waals surface area contributed by atoms with Crippen LogP contribution < -0.4 is 29.2 Å². The predicted molar refractivity (Wildman–Crippen MR) is 110 cm³/mol. The van der Waals surface area contributed by atoms with E-state index in [-0.39, 0.29) is 11.0 Å². The zero-order valence-electron chi connectivity index (χ0n) is 15.9. The van der Waals surface area contributed by atoms with Gasteiger partial charge in [0, 0.05) is 11.6 Å². The number of carbonyl (C=O) groups excluding carboxylic acids is 1. The van der Waals surface area contributed by atoms with Gasteiger partial charge in [0.2, 0.25) is 0 Å². The Morgan fingerprint density at radius 3 is 2.14 bits per heavy atom. The summed E-state index contributed by atoms with van der Waals surface area (Å²) < 4.78 is 21.4. The Bertz CT molecular complexity index is 958. The van der Waals surface area contributed by atoms with Crippen molar-refractivity contribution in [1.82, 2.24) is 5.32 Å². The van der Waals surface area contributed by atoms with Crippen LogP contribution in [0.5, 0.6) is 23.0 Å². The number of hydrogen-bond donors (Lipinski definition) is 1. The zero-order chi connectivity index (χ0) is 20.3. The lowest BCUT2D eigenvalue weighted by Gasteiger charge is -2.17. The molecule has 2 aromatic carbocycles. The minimum absolute atomic E-state index is 0.264. The quantitative estimate of drug-likeness (QED) is 0.591. The maximum absolute atomic E-state index is 13.0. The van der Waals surface area contributed by atoms with Crippen LogP contribution in [-0.2, 0) is 4.79 Å². The van der Waals surface area contributed by atoms with Gasteiger partial charge in [0.25, 0.3) is 5.91 Å². The lowest BCUT2D eigenvalue weighted by molar-refractivity contribution is -0.113. The summed E-state index contributed by atoms with van der Waals surface area (Å²) in [6.07, 6.45) is 1.66. The van der Waals surface area contributed by atoms with Crippen molar-refractivity contribution in [3.8, 4) is 23.0 Å². The molecule has 0 saturated carbocycles. The highest BCUT2D eigenvalue weighted by Crippen LogP contribution is 2.37. The smallest absolute Gasteiger partial charge is 0.281 e. The van der Waals surface area contributed by atoms with Crippen LogP contribution in [0.25, 0.3) is 6.08 Å². The predicted octanol–water partition coefficient (Wildman–Crippen LogP) is 2.98. The minimum Gasteiger partial charge on any atom is -0.496 e. The number of para-hydroxylation sites is 2. The Morgan fingerprint density at radius 1 is 0.893 bits per heavy atom. The third kappa shape index (κ3) is 3.46. The third-order valence-electron chi connectivity index (χ3n) is 4.24. The molecule has 1 aliphatic heterocycles. The van der Waals surface area contributed by atoms with E-state index >= 15 is 0 Å². The molecule has 0 bridgehead atoms. The zero-order valence-corrected chi connectivity index (χ0v) is 16.8. The van der Waals surface area contributed by atoms with Crippen molar-refractivity contribution in [2.75, 3.05) is 33.3 Å². The summed E-state index contributed by atoms with van der Waals surface area (Å²) in [7, 11) is 6.17. The number of nitrogens with one attached hydrogen (secondary N) is 1. The summed E-state index contributed by atoms with van der Waals surface area (Å²) in [5.74, 6) is 1.82. The number of carbonyl (C=O) groups is 1. The lowest BCUT2D eigenvalue weighted by Crippen LogP contribution is -2.30. The molecule has 7 nitrogen and oxygen atoms in total. The minimum atomic E-state index is -0.300. The molecule has 1 aliphatic rings. The summed E-state index contributed by atoms with van der Waals surface area (Å²) >= 11 is 5.37. The molecule has 0 spiro atoms. The first kappa shape index (κ1) is 19.5. The van der Waals surface area contributed by atoms with Crippen LogP contribution in [0.2, 0.25) is 0 Å². The number of amides is 1. The second-order valence-corrected chi connectivity index (χ2v) is 6.14. The molecule has 0 radical (unpaired) electrons. The molecule has 1 N–H and O–H groups in total. The molecular formula is C20H20N2O5S. The van der Waals surface area contributed by atoms with Gasteiger partial charge in [0.1, 0.15) is 17.2 Å². The van der Waals surface area contributed by atoms with Gasteiger partial charge >= 0.3 is 0 Å². The molecule has 146 valence electrons. The Hall–Kier alpha value is -3.26. The fraction of sp³-hybridized carbons (Fsp3) is 0.200. The summed E-state index contributed by atoms with van der Waals surface area (Å²) in [5.41, 5.74) is 1.51. The van der Waals surface area contributed by atoms with Crippen molar-refractivity contribution in [2.24, 2.45) is 0 Å². The molecule has 1 fully saturated rings. The number of hydrogen-bond acceptors (Lipinski definition) is 6. The third-order valence-corrected chi connectivity index (χ3v) is 4.52. The molecule has 1 saturated heterocycles. The number of methoxy groups -OCH3 is 4. The van der Waals surface area contributed by atoms with Gasteiger partial charge in [0.05, 0.1) is 34.1 Å². The van der Waals surface area contributed by atoms with Gasteiger partial charge in [-0.3, -0.25) is 4.79 Å². The molecule has 8 heteroatoms. The van der Waals surface area contributed by atoms with Crippen molar-refractivity contribution in [3.63, 3.8) is 0 Å². The summed E-state index contributed by atoms with van der Waals surface area (Å²) in [6, 6.07) is 10.6. The normalized spacial score (nSPS) is 14.9. The van der Waals surface area contributed by atoms with E-state index in [4.69, 9.17) is 31.2 Å². The standard InChI is InChI=1S/C20H20N2O5S/c1-24-15-8-6-5-7-14(15)22-19(23)13(21-20(22)28)9-12-10-17(26-3)18(27-4)11-16(12)25-2/h5-11H,1-4H3,(H,21,28)/b13-9+. The number of nitrogens with zero attached hydrogens (tertiary/aromatic N) is 1.